The number of nitrogens with zero attached hydrogens (tertiary/aromatic N) is 2. The zero-order chi connectivity index (χ0) is 23.5. The lowest BCUT2D eigenvalue weighted by Gasteiger charge is -2.41. The Hall–Kier alpha value is -3.91. The molecule has 8 nitrogen and oxygen atoms in total. The Balaban J connectivity index is 1.97. The van der Waals surface area contributed by atoms with Gasteiger partial charge >= 0.3 is 5.97 Å². The molecule has 3 aromatic rings. The molecule has 0 bridgehead atoms. The first-order valence-electron chi connectivity index (χ1n) is 10.5. The van der Waals surface area contributed by atoms with Crippen LogP contribution >= 0.6 is 0 Å². The van der Waals surface area contributed by atoms with Crippen molar-refractivity contribution in [3.63, 3.8) is 0 Å². The predicted octanol–water partition coefficient (Wildman–Crippen LogP) is 2.10. The number of aromatic nitrogens is 1. The summed E-state index contributed by atoms with van der Waals surface area (Å²) in [7, 11) is 1.51. The third kappa shape index (κ3) is 4.12. The Kier molecular flexibility index (Phi) is 6.28. The van der Waals surface area contributed by atoms with Crippen LogP contribution in [-0.2, 0) is 4.74 Å². The zero-order valence-corrected chi connectivity index (χ0v) is 18.0. The fourth-order valence-electron chi connectivity index (χ4n) is 4.40. The van der Waals surface area contributed by atoms with Gasteiger partial charge in [-0.05, 0) is 16.9 Å². The molecule has 8 heteroatoms. The minimum atomic E-state index is -1.50. The molecule has 0 aliphatic carbocycles. The Labute approximate surface area is 190 Å². The highest BCUT2D eigenvalue weighted by atomic mass is 16.5. The summed E-state index contributed by atoms with van der Waals surface area (Å²) < 4.78 is 6.52. The van der Waals surface area contributed by atoms with Gasteiger partial charge in [0.25, 0.3) is 5.91 Å². The van der Waals surface area contributed by atoms with E-state index in [1.807, 2.05) is 60.7 Å². The maximum atomic E-state index is 13.2. The molecular formula is C25H23N2O6-. The van der Waals surface area contributed by atoms with Gasteiger partial charge in [-0.2, -0.15) is 0 Å². The number of fused-ring (bicyclic) bond motifs is 1. The summed E-state index contributed by atoms with van der Waals surface area (Å²) in [5.74, 6) is -3.53. The van der Waals surface area contributed by atoms with E-state index < -0.39 is 34.7 Å². The van der Waals surface area contributed by atoms with Crippen LogP contribution < -0.4 is 10.5 Å². The molecule has 4 rings (SSSR count). The average molecular weight is 447 g/mol. The normalized spacial score (nSPS) is 15.5. The molecule has 0 radical (unpaired) electrons. The second kappa shape index (κ2) is 9.30. The zero-order valence-electron chi connectivity index (χ0n) is 18.0. The SMILES string of the molecule is COCCN1C[C@H](C(c2ccccc2)c2ccccc2)n2cc(C(=O)O)c(=O)c([O-])c2C1=O. The van der Waals surface area contributed by atoms with Crippen molar-refractivity contribution in [1.29, 1.82) is 0 Å². The molecule has 0 saturated heterocycles. The van der Waals surface area contributed by atoms with E-state index >= 15 is 0 Å². The maximum absolute atomic E-state index is 13.2. The topological polar surface area (TPSA) is 112 Å². The van der Waals surface area contributed by atoms with Gasteiger partial charge in [-0.1, -0.05) is 60.7 Å². The lowest BCUT2D eigenvalue weighted by molar-refractivity contribution is -0.271. The van der Waals surface area contributed by atoms with Crippen molar-refractivity contribution in [3.8, 4) is 5.75 Å². The minimum absolute atomic E-state index is 0.213. The van der Waals surface area contributed by atoms with Crippen molar-refractivity contribution in [2.75, 3.05) is 26.8 Å². The van der Waals surface area contributed by atoms with E-state index in [1.165, 1.54) is 16.6 Å². The summed E-state index contributed by atoms with van der Waals surface area (Å²) in [5, 5.41) is 22.5. The largest absolute Gasteiger partial charge is 0.868 e. The highest BCUT2D eigenvalue weighted by Gasteiger charge is 2.37. The second-order valence-electron chi connectivity index (χ2n) is 7.87. The first-order valence-corrected chi connectivity index (χ1v) is 10.5. The molecule has 1 aromatic heterocycles. The standard InChI is InChI=1S/C25H24N2O6/c1-33-13-12-26-15-19(20(16-8-4-2-5-9-16)17-10-6-3-7-11-17)27-14-18(25(31)32)22(28)23(29)21(27)24(26)30/h2-11,14,19-20,29H,12-13,15H2,1H3,(H,31,32)/p-1/t19-/m1/s1. The van der Waals surface area contributed by atoms with Crippen molar-refractivity contribution in [1.82, 2.24) is 9.47 Å². The summed E-state index contributed by atoms with van der Waals surface area (Å²) in [4.78, 5) is 38.8. The first-order chi connectivity index (χ1) is 15.9. The van der Waals surface area contributed by atoms with E-state index in [4.69, 9.17) is 4.74 Å². The van der Waals surface area contributed by atoms with E-state index in [0.29, 0.717) is 0 Å². The summed E-state index contributed by atoms with van der Waals surface area (Å²) in [6.45, 7) is 0.701. The van der Waals surface area contributed by atoms with Crippen LogP contribution in [0.25, 0.3) is 0 Å². The Morgan fingerprint density at radius 3 is 2.18 bits per heavy atom. The number of ether oxygens (including phenoxy) is 1. The monoisotopic (exact) mass is 447 g/mol. The highest BCUT2D eigenvalue weighted by molar-refractivity contribution is 5.97. The maximum Gasteiger partial charge on any atom is 0.341 e. The summed E-state index contributed by atoms with van der Waals surface area (Å²) in [6, 6.07) is 18.7. The molecule has 170 valence electrons. The molecule has 2 heterocycles. The molecule has 1 aliphatic rings. The fraction of sp³-hybridized carbons (Fsp3) is 0.240. The van der Waals surface area contributed by atoms with Crippen LogP contribution in [0.2, 0.25) is 0 Å². The molecule has 0 unspecified atom stereocenters. The molecule has 33 heavy (non-hydrogen) atoms. The Bertz CT molecular complexity index is 1180. The number of carbonyl (C=O) groups excluding carboxylic acids is 1. The van der Waals surface area contributed by atoms with E-state index in [9.17, 15) is 24.6 Å². The van der Waals surface area contributed by atoms with Gasteiger partial charge in [-0.15, -0.1) is 0 Å². The van der Waals surface area contributed by atoms with Crippen LogP contribution in [0.4, 0.5) is 0 Å². The number of carbonyl (C=O) groups is 2. The molecule has 1 aliphatic heterocycles. The van der Waals surface area contributed by atoms with Crippen LogP contribution in [-0.4, -0.2) is 53.3 Å². The first kappa shape index (κ1) is 22.3. The van der Waals surface area contributed by atoms with E-state index in [2.05, 4.69) is 0 Å². The van der Waals surface area contributed by atoms with Crippen LogP contribution in [0.5, 0.6) is 5.75 Å². The van der Waals surface area contributed by atoms with Gasteiger partial charge in [-0.25, -0.2) is 4.79 Å². The second-order valence-corrected chi connectivity index (χ2v) is 7.87. The number of hydrogen-bond donors (Lipinski definition) is 1. The van der Waals surface area contributed by atoms with Gasteiger partial charge in [0.15, 0.2) is 5.43 Å². The van der Waals surface area contributed by atoms with Crippen LogP contribution in [0.1, 0.15) is 43.9 Å². The Morgan fingerprint density at radius 2 is 1.67 bits per heavy atom. The molecule has 1 amide bonds. The fourth-order valence-corrected chi connectivity index (χ4v) is 4.40. The summed E-state index contributed by atoms with van der Waals surface area (Å²) >= 11 is 0. The quantitative estimate of drug-likeness (QED) is 0.594. The molecule has 0 spiro atoms. The summed E-state index contributed by atoms with van der Waals surface area (Å²) in [5.41, 5.74) is -0.293. The number of pyridine rings is 1. The van der Waals surface area contributed by atoms with E-state index in [-0.39, 0.29) is 31.3 Å². The highest BCUT2D eigenvalue weighted by Crippen LogP contribution is 2.39. The van der Waals surface area contributed by atoms with Gasteiger partial charge in [0, 0.05) is 32.3 Å². The Morgan fingerprint density at radius 1 is 1.09 bits per heavy atom. The van der Waals surface area contributed by atoms with Crippen molar-refractivity contribution >= 4 is 11.9 Å². The molecular weight excluding hydrogens is 424 g/mol. The summed E-state index contributed by atoms with van der Waals surface area (Å²) in [6.07, 6.45) is 1.14. The molecule has 2 aromatic carbocycles. The number of hydrogen-bond acceptors (Lipinski definition) is 5. The number of amides is 1. The number of carboxylic acid groups (broad SMARTS) is 1. The predicted molar refractivity (Wildman–Crippen MR) is 119 cm³/mol. The molecule has 1 N–H and O–H groups in total. The van der Waals surface area contributed by atoms with Gasteiger partial charge in [-0.3, -0.25) is 9.59 Å². The van der Waals surface area contributed by atoms with Gasteiger partial charge < -0.3 is 24.4 Å². The van der Waals surface area contributed by atoms with Crippen LogP contribution in [0.3, 0.4) is 0 Å². The van der Waals surface area contributed by atoms with Crippen molar-refractivity contribution in [2.45, 2.75) is 12.0 Å². The van der Waals surface area contributed by atoms with E-state index in [0.717, 1.165) is 17.3 Å². The molecule has 0 saturated carbocycles. The number of carboxylic acids is 1. The smallest absolute Gasteiger partial charge is 0.341 e. The average Bonchev–Trinajstić information content (AvgIpc) is 2.83. The lowest BCUT2D eigenvalue weighted by Crippen LogP contribution is -2.48. The molecule has 1 atom stereocenters. The van der Waals surface area contributed by atoms with E-state index in [1.54, 1.807) is 0 Å². The number of benzene rings is 2. The van der Waals surface area contributed by atoms with Crippen LogP contribution in [0, 0.1) is 0 Å². The van der Waals surface area contributed by atoms with Crippen molar-refractivity contribution < 1.29 is 24.5 Å². The van der Waals surface area contributed by atoms with Gasteiger partial charge in [0.05, 0.1) is 12.6 Å². The minimum Gasteiger partial charge on any atom is -0.868 e. The van der Waals surface area contributed by atoms with Crippen LogP contribution in [0.15, 0.2) is 71.7 Å². The van der Waals surface area contributed by atoms with Gasteiger partial charge in [0.1, 0.15) is 11.3 Å². The van der Waals surface area contributed by atoms with Crippen molar-refractivity contribution in [2.24, 2.45) is 0 Å². The number of methoxy groups -OCH3 is 1. The van der Waals surface area contributed by atoms with Crippen molar-refractivity contribution in [3.05, 3.63) is 99.5 Å². The lowest BCUT2D eigenvalue weighted by atomic mass is 9.83. The number of aromatic carboxylic acids is 1. The van der Waals surface area contributed by atoms with Gasteiger partial charge in [0.2, 0.25) is 0 Å². The third-order valence-corrected chi connectivity index (χ3v) is 5.94. The number of rotatable bonds is 7. The molecule has 0 fully saturated rings. The third-order valence-electron chi connectivity index (χ3n) is 5.94.